The van der Waals surface area contributed by atoms with E-state index < -0.39 is 7.12 Å². The van der Waals surface area contributed by atoms with Gasteiger partial charge in [-0.25, -0.2) is 0 Å². The standard InChI is InChI=1S/C8H8BClO2/c1-5-2-3-7-6(8(5)10)4-12-9(7)11/h2-3,11H,4H2,1H3. The molecule has 0 spiro atoms. The van der Waals surface area contributed by atoms with Crippen molar-refractivity contribution in [3.63, 3.8) is 0 Å². The first-order valence-corrected chi connectivity index (χ1v) is 4.15. The molecule has 1 aromatic carbocycles. The van der Waals surface area contributed by atoms with Crippen LogP contribution in [0.4, 0.5) is 0 Å². The minimum Gasteiger partial charge on any atom is -0.423 e. The van der Waals surface area contributed by atoms with E-state index in [9.17, 15) is 5.02 Å². The molecule has 0 fully saturated rings. The minimum atomic E-state index is -0.793. The Morgan fingerprint density at radius 2 is 2.33 bits per heavy atom. The lowest BCUT2D eigenvalue weighted by atomic mass is 9.79. The fourth-order valence-corrected chi connectivity index (χ4v) is 1.61. The molecular weight excluding hydrogens is 174 g/mol. The van der Waals surface area contributed by atoms with Crippen LogP contribution in [0.25, 0.3) is 0 Å². The molecule has 1 aliphatic rings. The normalized spacial score (nSPS) is 15.1. The maximum atomic E-state index is 9.32. The molecule has 0 atom stereocenters. The summed E-state index contributed by atoms with van der Waals surface area (Å²) in [6.07, 6.45) is 0. The Hall–Kier alpha value is -0.505. The van der Waals surface area contributed by atoms with E-state index in [4.69, 9.17) is 16.3 Å². The quantitative estimate of drug-likeness (QED) is 0.603. The van der Waals surface area contributed by atoms with Crippen molar-refractivity contribution in [2.24, 2.45) is 0 Å². The largest absolute Gasteiger partial charge is 0.491 e. The molecule has 0 saturated heterocycles. The van der Waals surface area contributed by atoms with Crippen molar-refractivity contribution in [1.82, 2.24) is 0 Å². The molecule has 0 aliphatic carbocycles. The zero-order valence-corrected chi connectivity index (χ0v) is 7.43. The summed E-state index contributed by atoms with van der Waals surface area (Å²) in [6, 6.07) is 3.74. The van der Waals surface area contributed by atoms with Gasteiger partial charge in [0.1, 0.15) is 0 Å². The van der Waals surface area contributed by atoms with Gasteiger partial charge in [-0.3, -0.25) is 0 Å². The van der Waals surface area contributed by atoms with E-state index in [2.05, 4.69) is 0 Å². The van der Waals surface area contributed by atoms with Crippen molar-refractivity contribution < 1.29 is 9.68 Å². The number of fused-ring (bicyclic) bond motifs is 1. The predicted molar refractivity (Wildman–Crippen MR) is 48.6 cm³/mol. The van der Waals surface area contributed by atoms with E-state index in [1.54, 1.807) is 0 Å². The van der Waals surface area contributed by atoms with Gasteiger partial charge in [-0.1, -0.05) is 23.7 Å². The van der Waals surface area contributed by atoms with Crippen LogP contribution in [-0.4, -0.2) is 12.1 Å². The fraction of sp³-hybridized carbons (Fsp3) is 0.250. The molecule has 62 valence electrons. The van der Waals surface area contributed by atoms with Gasteiger partial charge in [0, 0.05) is 5.02 Å². The average molecular weight is 182 g/mol. The van der Waals surface area contributed by atoms with Gasteiger partial charge < -0.3 is 9.68 Å². The molecule has 0 saturated carbocycles. The van der Waals surface area contributed by atoms with Crippen LogP contribution in [0.2, 0.25) is 5.02 Å². The number of hydrogen-bond donors (Lipinski definition) is 1. The van der Waals surface area contributed by atoms with E-state index in [0.717, 1.165) is 16.6 Å². The molecule has 12 heavy (non-hydrogen) atoms. The monoisotopic (exact) mass is 182 g/mol. The highest BCUT2D eigenvalue weighted by molar-refractivity contribution is 6.62. The van der Waals surface area contributed by atoms with Crippen LogP contribution in [0.3, 0.4) is 0 Å². The number of benzene rings is 1. The summed E-state index contributed by atoms with van der Waals surface area (Å²) in [7, 11) is -0.793. The first kappa shape index (κ1) is 8.11. The maximum absolute atomic E-state index is 9.32. The summed E-state index contributed by atoms with van der Waals surface area (Å²) >= 11 is 6.01. The third-order valence-electron chi connectivity index (χ3n) is 2.12. The van der Waals surface area contributed by atoms with Gasteiger partial charge in [-0.15, -0.1) is 0 Å². The molecule has 1 aliphatic heterocycles. The van der Waals surface area contributed by atoms with Crippen LogP contribution in [0.15, 0.2) is 12.1 Å². The SMILES string of the molecule is Cc1ccc2c(c1Cl)COB2O. The summed E-state index contributed by atoms with van der Waals surface area (Å²) in [5.74, 6) is 0. The highest BCUT2D eigenvalue weighted by atomic mass is 35.5. The van der Waals surface area contributed by atoms with Crippen LogP contribution in [-0.2, 0) is 11.3 Å². The fourth-order valence-electron chi connectivity index (χ4n) is 1.38. The van der Waals surface area contributed by atoms with E-state index in [1.165, 1.54) is 0 Å². The lowest BCUT2D eigenvalue weighted by molar-refractivity contribution is 0.275. The summed E-state index contributed by atoms with van der Waals surface area (Å²) in [6.45, 7) is 2.35. The van der Waals surface area contributed by atoms with E-state index in [1.807, 2.05) is 19.1 Å². The second-order valence-corrected chi connectivity index (χ2v) is 3.31. The number of aryl methyl sites for hydroxylation is 1. The van der Waals surface area contributed by atoms with Crippen molar-refractivity contribution >= 4 is 24.2 Å². The second kappa shape index (κ2) is 2.77. The van der Waals surface area contributed by atoms with Gasteiger partial charge in [0.05, 0.1) is 6.61 Å². The van der Waals surface area contributed by atoms with Crippen molar-refractivity contribution in [1.29, 1.82) is 0 Å². The summed E-state index contributed by atoms with van der Waals surface area (Å²) < 4.78 is 5.03. The lowest BCUT2D eigenvalue weighted by Gasteiger charge is -2.02. The lowest BCUT2D eigenvalue weighted by Crippen LogP contribution is -2.27. The van der Waals surface area contributed by atoms with Crippen LogP contribution < -0.4 is 5.46 Å². The van der Waals surface area contributed by atoms with E-state index >= 15 is 0 Å². The van der Waals surface area contributed by atoms with Crippen molar-refractivity contribution in [2.45, 2.75) is 13.5 Å². The van der Waals surface area contributed by atoms with Gasteiger partial charge in [0.15, 0.2) is 0 Å². The Kier molecular flexibility index (Phi) is 1.87. The third-order valence-corrected chi connectivity index (χ3v) is 2.65. The molecule has 0 amide bonds. The molecule has 0 bridgehead atoms. The maximum Gasteiger partial charge on any atom is 0.491 e. The number of hydrogen-bond acceptors (Lipinski definition) is 2. The Bertz CT molecular complexity index is 327. The van der Waals surface area contributed by atoms with Gasteiger partial charge >= 0.3 is 7.12 Å². The summed E-state index contributed by atoms with van der Waals surface area (Å²) in [4.78, 5) is 0. The molecule has 1 aromatic rings. The van der Waals surface area contributed by atoms with Gasteiger partial charge in [0.25, 0.3) is 0 Å². The van der Waals surface area contributed by atoms with Gasteiger partial charge in [-0.05, 0) is 23.5 Å². The molecular formula is C8H8BClO2. The Morgan fingerprint density at radius 3 is 3.08 bits per heavy atom. The molecule has 1 heterocycles. The number of rotatable bonds is 0. The predicted octanol–water partition coefficient (Wildman–Crippen LogP) is 0.866. The topological polar surface area (TPSA) is 29.5 Å². The third kappa shape index (κ3) is 1.05. The van der Waals surface area contributed by atoms with E-state index in [0.29, 0.717) is 11.6 Å². The zero-order valence-electron chi connectivity index (χ0n) is 6.67. The average Bonchev–Trinajstić information content (AvgIpc) is 2.41. The molecule has 2 rings (SSSR count). The molecule has 0 radical (unpaired) electrons. The zero-order chi connectivity index (χ0) is 8.72. The van der Waals surface area contributed by atoms with Crippen LogP contribution in [0.1, 0.15) is 11.1 Å². The molecule has 4 heteroatoms. The summed E-state index contributed by atoms with van der Waals surface area (Å²) in [5, 5.41) is 10.0. The highest BCUT2D eigenvalue weighted by Crippen LogP contribution is 2.23. The van der Waals surface area contributed by atoms with Crippen LogP contribution in [0.5, 0.6) is 0 Å². The first-order chi connectivity index (χ1) is 5.70. The van der Waals surface area contributed by atoms with Crippen LogP contribution >= 0.6 is 11.6 Å². The van der Waals surface area contributed by atoms with Crippen molar-refractivity contribution in [3.05, 3.63) is 28.3 Å². The minimum absolute atomic E-state index is 0.414. The molecule has 1 N–H and O–H groups in total. The molecule has 0 aromatic heterocycles. The van der Waals surface area contributed by atoms with E-state index in [-0.39, 0.29) is 0 Å². The van der Waals surface area contributed by atoms with Gasteiger partial charge in [-0.2, -0.15) is 0 Å². The van der Waals surface area contributed by atoms with Crippen molar-refractivity contribution in [3.8, 4) is 0 Å². The molecule has 0 unspecified atom stereocenters. The Balaban J connectivity index is 2.60. The summed E-state index contributed by atoms with van der Waals surface area (Å²) in [5.41, 5.74) is 2.74. The molecule has 2 nitrogen and oxygen atoms in total. The smallest absolute Gasteiger partial charge is 0.423 e. The second-order valence-electron chi connectivity index (χ2n) is 2.93. The Morgan fingerprint density at radius 1 is 1.58 bits per heavy atom. The first-order valence-electron chi connectivity index (χ1n) is 3.77. The number of halogens is 1. The Labute approximate surface area is 76.3 Å². The van der Waals surface area contributed by atoms with Crippen LogP contribution in [0, 0.1) is 6.92 Å². The highest BCUT2D eigenvalue weighted by Gasteiger charge is 2.28. The van der Waals surface area contributed by atoms with Crippen molar-refractivity contribution in [2.75, 3.05) is 0 Å². The van der Waals surface area contributed by atoms with Gasteiger partial charge in [0.2, 0.25) is 0 Å².